The van der Waals surface area contributed by atoms with Crippen molar-refractivity contribution in [3.63, 3.8) is 0 Å². The van der Waals surface area contributed by atoms with Crippen molar-refractivity contribution >= 4 is 29.1 Å². The zero-order chi connectivity index (χ0) is 23.7. The van der Waals surface area contributed by atoms with Crippen molar-refractivity contribution in [2.45, 2.75) is 31.6 Å². The van der Waals surface area contributed by atoms with Crippen LogP contribution < -0.4 is 9.47 Å². The lowest BCUT2D eigenvalue weighted by Crippen LogP contribution is -2.37. The van der Waals surface area contributed by atoms with E-state index in [0.29, 0.717) is 46.3 Å². The van der Waals surface area contributed by atoms with Gasteiger partial charge in [-0.05, 0) is 54.7 Å². The number of carbonyl (C=O) groups excluding carboxylic acids is 2. The second-order valence-corrected chi connectivity index (χ2v) is 8.73. The largest absolute Gasteiger partial charge is 0.493 e. The molecule has 0 fully saturated rings. The van der Waals surface area contributed by atoms with Gasteiger partial charge in [0.05, 0.1) is 21.3 Å². The average molecular weight is 468 g/mol. The quantitative estimate of drug-likeness (QED) is 0.571. The summed E-state index contributed by atoms with van der Waals surface area (Å²) in [6.45, 7) is 1.81. The van der Waals surface area contributed by atoms with Crippen LogP contribution in [0.15, 0.2) is 58.7 Å². The highest BCUT2D eigenvalue weighted by molar-refractivity contribution is 6.30. The first kappa shape index (κ1) is 23.1. The Morgan fingerprint density at radius 1 is 1.00 bits per heavy atom. The Labute approximate surface area is 198 Å². The number of carbonyl (C=O) groups is 2. The molecule has 3 unspecified atom stereocenters. The van der Waals surface area contributed by atoms with E-state index in [0.717, 1.165) is 11.1 Å². The molecule has 2 aromatic rings. The van der Waals surface area contributed by atoms with Crippen LogP contribution >= 0.6 is 11.6 Å². The molecule has 0 radical (unpaired) electrons. The SMILES string of the molecule is COC(=O)C1C(C)=NC2=C(C(=O)CC(c3ccc(OC)c(OC)c3)C2)C1c1cccc(Cl)c1. The van der Waals surface area contributed by atoms with Gasteiger partial charge in [-0.3, -0.25) is 14.6 Å². The van der Waals surface area contributed by atoms with Crippen molar-refractivity contribution < 1.29 is 23.8 Å². The second-order valence-electron chi connectivity index (χ2n) is 8.29. The van der Waals surface area contributed by atoms with Crippen LogP contribution in [0.3, 0.4) is 0 Å². The Morgan fingerprint density at radius 3 is 2.42 bits per heavy atom. The van der Waals surface area contributed by atoms with Gasteiger partial charge in [-0.15, -0.1) is 0 Å². The molecule has 0 bridgehead atoms. The molecule has 33 heavy (non-hydrogen) atoms. The van der Waals surface area contributed by atoms with E-state index in [9.17, 15) is 9.59 Å². The molecule has 7 heteroatoms. The molecule has 3 atom stereocenters. The number of benzene rings is 2. The number of esters is 1. The fourth-order valence-electron chi connectivity index (χ4n) is 4.89. The molecule has 4 rings (SSSR count). The van der Waals surface area contributed by atoms with E-state index < -0.39 is 17.8 Å². The maximum Gasteiger partial charge on any atom is 0.315 e. The number of nitrogens with zero attached hydrogens (tertiary/aromatic N) is 1. The summed E-state index contributed by atoms with van der Waals surface area (Å²) in [5.41, 5.74) is 3.71. The molecule has 6 nitrogen and oxygen atoms in total. The first-order valence-corrected chi connectivity index (χ1v) is 11.1. The third-order valence-electron chi connectivity index (χ3n) is 6.43. The summed E-state index contributed by atoms with van der Waals surface area (Å²) in [5.74, 6) is -0.391. The van der Waals surface area contributed by atoms with Crippen LogP contribution in [0.1, 0.15) is 42.7 Å². The van der Waals surface area contributed by atoms with Crippen LogP contribution in [0.4, 0.5) is 0 Å². The molecule has 0 aromatic heterocycles. The van der Waals surface area contributed by atoms with E-state index in [2.05, 4.69) is 0 Å². The van der Waals surface area contributed by atoms with E-state index in [1.165, 1.54) is 7.11 Å². The van der Waals surface area contributed by atoms with Gasteiger partial charge in [0.2, 0.25) is 0 Å². The van der Waals surface area contributed by atoms with Gasteiger partial charge in [-0.2, -0.15) is 0 Å². The van der Waals surface area contributed by atoms with Crippen molar-refractivity contribution in [1.82, 2.24) is 0 Å². The third-order valence-corrected chi connectivity index (χ3v) is 6.67. The molecule has 1 aliphatic carbocycles. The summed E-state index contributed by atoms with van der Waals surface area (Å²) >= 11 is 6.26. The number of ether oxygens (including phenoxy) is 3. The molecule has 1 heterocycles. The van der Waals surface area contributed by atoms with Crippen molar-refractivity contribution in [3.05, 3.63) is 69.9 Å². The third kappa shape index (κ3) is 4.27. The zero-order valence-corrected chi connectivity index (χ0v) is 19.8. The van der Waals surface area contributed by atoms with E-state index in [1.54, 1.807) is 26.4 Å². The number of Topliss-reactive ketones (excluding diaryl/α,β-unsaturated/α-hetero) is 1. The summed E-state index contributed by atoms with van der Waals surface area (Å²) < 4.78 is 15.9. The van der Waals surface area contributed by atoms with Crippen molar-refractivity contribution in [1.29, 1.82) is 0 Å². The summed E-state index contributed by atoms with van der Waals surface area (Å²) in [6, 6.07) is 13.0. The van der Waals surface area contributed by atoms with Crippen LogP contribution in [-0.4, -0.2) is 38.8 Å². The highest BCUT2D eigenvalue weighted by Gasteiger charge is 2.44. The number of rotatable bonds is 5. The van der Waals surface area contributed by atoms with Crippen LogP contribution in [-0.2, 0) is 14.3 Å². The molecule has 2 aliphatic rings. The minimum Gasteiger partial charge on any atom is -0.493 e. The van der Waals surface area contributed by atoms with Gasteiger partial charge in [0.15, 0.2) is 17.3 Å². The van der Waals surface area contributed by atoms with Gasteiger partial charge in [-0.25, -0.2) is 0 Å². The molecule has 0 spiro atoms. The van der Waals surface area contributed by atoms with Crippen LogP contribution in [0.2, 0.25) is 5.02 Å². The van der Waals surface area contributed by atoms with Crippen molar-refractivity contribution in [3.8, 4) is 11.5 Å². The maximum atomic E-state index is 13.6. The summed E-state index contributed by atoms with van der Waals surface area (Å²) in [4.78, 5) is 31.0. The summed E-state index contributed by atoms with van der Waals surface area (Å²) in [6.07, 6.45) is 0.896. The first-order chi connectivity index (χ1) is 15.9. The lowest BCUT2D eigenvalue weighted by Gasteiger charge is -2.36. The van der Waals surface area contributed by atoms with E-state index in [-0.39, 0.29) is 11.7 Å². The number of halogens is 1. The monoisotopic (exact) mass is 467 g/mol. The molecule has 0 amide bonds. The molecule has 1 aliphatic heterocycles. The highest BCUT2D eigenvalue weighted by Crippen LogP contribution is 2.47. The van der Waals surface area contributed by atoms with Gasteiger partial charge in [0.1, 0.15) is 5.92 Å². The fourth-order valence-corrected chi connectivity index (χ4v) is 5.09. The van der Waals surface area contributed by atoms with Crippen molar-refractivity contribution in [2.75, 3.05) is 21.3 Å². The van der Waals surface area contributed by atoms with Gasteiger partial charge >= 0.3 is 5.97 Å². The fraction of sp³-hybridized carbons (Fsp3) is 0.346. The van der Waals surface area contributed by atoms with Gasteiger partial charge in [0, 0.05) is 34.3 Å². The Bertz CT molecular complexity index is 1170. The molecular formula is C26H26ClNO5. The van der Waals surface area contributed by atoms with E-state index in [1.807, 2.05) is 37.3 Å². The predicted octanol–water partition coefficient (Wildman–Crippen LogP) is 5.11. The number of hydrogen-bond donors (Lipinski definition) is 0. The van der Waals surface area contributed by atoms with E-state index in [4.69, 9.17) is 30.8 Å². The number of hydrogen-bond acceptors (Lipinski definition) is 6. The summed E-state index contributed by atoms with van der Waals surface area (Å²) in [5, 5.41) is 0.546. The molecular weight excluding hydrogens is 442 g/mol. The number of methoxy groups -OCH3 is 3. The molecule has 0 saturated carbocycles. The van der Waals surface area contributed by atoms with Gasteiger partial charge < -0.3 is 14.2 Å². The van der Waals surface area contributed by atoms with Crippen molar-refractivity contribution in [2.24, 2.45) is 10.9 Å². The minimum atomic E-state index is -0.672. The average Bonchev–Trinajstić information content (AvgIpc) is 2.82. The highest BCUT2D eigenvalue weighted by atomic mass is 35.5. The van der Waals surface area contributed by atoms with E-state index >= 15 is 0 Å². The number of ketones is 1. The second kappa shape index (κ2) is 9.40. The topological polar surface area (TPSA) is 74.2 Å². The Hall–Kier alpha value is -3.12. The Morgan fingerprint density at radius 2 is 1.76 bits per heavy atom. The number of allylic oxidation sites excluding steroid dienone is 2. The summed E-state index contributed by atoms with van der Waals surface area (Å²) in [7, 11) is 4.53. The predicted molar refractivity (Wildman–Crippen MR) is 126 cm³/mol. The minimum absolute atomic E-state index is 0.0221. The first-order valence-electron chi connectivity index (χ1n) is 10.7. The van der Waals surface area contributed by atoms with Crippen LogP contribution in [0.5, 0.6) is 11.5 Å². The zero-order valence-electron chi connectivity index (χ0n) is 19.1. The lowest BCUT2D eigenvalue weighted by atomic mass is 9.69. The lowest BCUT2D eigenvalue weighted by molar-refractivity contribution is -0.143. The number of aliphatic imine (C=N–C) groups is 1. The molecule has 172 valence electrons. The molecule has 0 saturated heterocycles. The smallest absolute Gasteiger partial charge is 0.315 e. The molecule has 0 N–H and O–H groups in total. The van der Waals surface area contributed by atoms with Crippen LogP contribution in [0, 0.1) is 5.92 Å². The van der Waals surface area contributed by atoms with Gasteiger partial charge in [-0.1, -0.05) is 29.8 Å². The normalized spacial score (nSPS) is 22.4. The maximum absolute atomic E-state index is 13.6. The Balaban J connectivity index is 1.79. The van der Waals surface area contributed by atoms with Crippen LogP contribution in [0.25, 0.3) is 0 Å². The Kier molecular flexibility index (Phi) is 6.56. The standard InChI is InChI=1S/C26H26ClNO5/c1-14-23(26(30)33-4)24(16-6-5-7-18(27)10-16)25-19(28-14)11-17(12-20(25)29)15-8-9-21(31-2)22(13-15)32-3/h5-10,13,17,23-24H,11-12H2,1-4H3. The van der Waals surface area contributed by atoms with Gasteiger partial charge in [0.25, 0.3) is 0 Å². The molecule has 2 aromatic carbocycles.